The van der Waals surface area contributed by atoms with E-state index >= 15 is 0 Å². The fourth-order valence-corrected chi connectivity index (χ4v) is 5.83. The number of anilines is 1. The minimum atomic E-state index is -0.586. The normalized spacial score (nSPS) is 47.8. The van der Waals surface area contributed by atoms with Gasteiger partial charge in [0.15, 0.2) is 5.72 Å². The quantitative estimate of drug-likeness (QED) is 0.911. The van der Waals surface area contributed by atoms with Gasteiger partial charge < -0.3 is 9.84 Å². The molecule has 4 nitrogen and oxygen atoms in total. The lowest BCUT2D eigenvalue weighted by Crippen LogP contribution is -2.50. The van der Waals surface area contributed by atoms with Crippen LogP contribution in [0.2, 0.25) is 5.02 Å². The summed E-state index contributed by atoms with van der Waals surface area (Å²) in [7, 11) is 0. The maximum atomic E-state index is 13.1. The van der Waals surface area contributed by atoms with Gasteiger partial charge in [-0.15, -0.1) is 0 Å². The predicted molar refractivity (Wildman–Crippen MR) is 81.4 cm³/mol. The van der Waals surface area contributed by atoms with Crippen molar-refractivity contribution in [2.45, 2.75) is 37.7 Å². The highest BCUT2D eigenvalue weighted by Crippen LogP contribution is 2.68. The zero-order chi connectivity index (χ0) is 15.2. The molecule has 1 amide bonds. The summed E-state index contributed by atoms with van der Waals surface area (Å²) in [6.07, 6.45) is 1.10. The maximum Gasteiger partial charge on any atom is 0.233 e. The highest BCUT2D eigenvalue weighted by Gasteiger charge is 2.77. The molecule has 1 aromatic rings. The number of halogens is 1. The predicted octanol–water partition coefficient (Wildman–Crippen LogP) is 2.43. The van der Waals surface area contributed by atoms with E-state index in [0.717, 1.165) is 18.5 Å². The zero-order valence-electron chi connectivity index (χ0n) is 12.3. The van der Waals surface area contributed by atoms with E-state index in [9.17, 15) is 9.90 Å². The Hall–Kier alpha value is -1.10. The van der Waals surface area contributed by atoms with E-state index in [0.29, 0.717) is 10.9 Å². The first-order valence-corrected chi connectivity index (χ1v) is 8.42. The Morgan fingerprint density at radius 1 is 1.36 bits per heavy atom. The Balaban J connectivity index is 1.66. The first-order valence-electron chi connectivity index (χ1n) is 8.04. The van der Waals surface area contributed by atoms with Crippen molar-refractivity contribution in [3.05, 3.63) is 29.3 Å². The molecule has 7 atom stereocenters. The molecule has 0 radical (unpaired) electrons. The van der Waals surface area contributed by atoms with Crippen LogP contribution in [0.4, 0.5) is 5.69 Å². The van der Waals surface area contributed by atoms with Gasteiger partial charge in [-0.3, -0.25) is 9.69 Å². The van der Waals surface area contributed by atoms with E-state index < -0.39 is 11.8 Å². The van der Waals surface area contributed by atoms with Crippen molar-refractivity contribution in [1.82, 2.24) is 0 Å². The number of aliphatic hydroxyl groups excluding tert-OH is 1. The molecule has 2 bridgehead atoms. The summed E-state index contributed by atoms with van der Waals surface area (Å²) in [5.41, 5.74) is 0.261. The third kappa shape index (κ3) is 1.28. The van der Waals surface area contributed by atoms with Crippen molar-refractivity contribution in [3.8, 4) is 0 Å². The number of rotatable bonds is 2. The molecule has 2 aliphatic heterocycles. The van der Waals surface area contributed by atoms with Crippen molar-refractivity contribution in [2.24, 2.45) is 23.7 Å². The first-order chi connectivity index (χ1) is 10.6. The molecular formula is C17H18ClNO3. The van der Waals surface area contributed by atoms with Gasteiger partial charge in [-0.25, -0.2) is 0 Å². The van der Waals surface area contributed by atoms with Crippen molar-refractivity contribution >= 4 is 23.2 Å². The molecular weight excluding hydrogens is 302 g/mol. The molecule has 5 rings (SSSR count). The average molecular weight is 320 g/mol. The van der Waals surface area contributed by atoms with E-state index in [-0.39, 0.29) is 29.8 Å². The summed E-state index contributed by atoms with van der Waals surface area (Å²) in [5.74, 6) is 0.636. The number of aliphatic hydroxyl groups is 1. The van der Waals surface area contributed by atoms with Gasteiger partial charge in [0.25, 0.3) is 0 Å². The second-order valence-corrected chi connectivity index (χ2v) is 7.47. The summed E-state index contributed by atoms with van der Waals surface area (Å²) in [6, 6.07) is 7.39. The number of ether oxygens (including phenoxy) is 1. The van der Waals surface area contributed by atoms with Crippen LogP contribution in [0.1, 0.15) is 19.8 Å². The van der Waals surface area contributed by atoms with Gasteiger partial charge in [0.1, 0.15) is 0 Å². The fourth-order valence-electron chi connectivity index (χ4n) is 5.70. The number of hydrogen-bond donors (Lipinski definition) is 1. The Morgan fingerprint density at radius 3 is 2.77 bits per heavy atom. The average Bonchev–Trinajstić information content (AvgIpc) is 3.17. The maximum absolute atomic E-state index is 13.1. The largest absolute Gasteiger partial charge is 0.390 e. The van der Waals surface area contributed by atoms with Crippen LogP contribution in [0, 0.1) is 23.7 Å². The molecule has 5 heteroatoms. The van der Waals surface area contributed by atoms with E-state index in [4.69, 9.17) is 16.3 Å². The van der Waals surface area contributed by atoms with Gasteiger partial charge in [0, 0.05) is 16.6 Å². The van der Waals surface area contributed by atoms with Crippen LogP contribution in [-0.2, 0) is 9.53 Å². The number of hydrogen-bond acceptors (Lipinski definition) is 3. The highest BCUT2D eigenvalue weighted by molar-refractivity contribution is 6.30. The molecule has 4 fully saturated rings. The molecule has 4 aliphatic rings. The zero-order valence-corrected chi connectivity index (χ0v) is 13.0. The standard InChI is InChI=1S/C17H18ClNO3/c1-2-17-13-11-7-10(14(20)15(11)22-17)12(13)16(21)19(17)9-5-3-8(18)4-6-9/h3-6,10-15,20H,2,7H2,1H3/t10-,11-,12+,13+,14+,15-,17-/m0/s1. The minimum absolute atomic E-state index is 0.0678. The smallest absolute Gasteiger partial charge is 0.233 e. The third-order valence-corrected chi connectivity index (χ3v) is 6.64. The summed E-state index contributed by atoms with van der Waals surface area (Å²) < 4.78 is 6.37. The van der Waals surface area contributed by atoms with Crippen molar-refractivity contribution in [1.29, 1.82) is 0 Å². The molecule has 2 saturated heterocycles. The fraction of sp³-hybridized carbons (Fsp3) is 0.588. The third-order valence-electron chi connectivity index (χ3n) is 6.39. The van der Waals surface area contributed by atoms with Gasteiger partial charge in [-0.05, 0) is 48.9 Å². The number of benzene rings is 1. The lowest BCUT2D eigenvalue weighted by Gasteiger charge is -2.38. The molecule has 0 spiro atoms. The number of fused-ring (bicyclic) bond motifs is 2. The Labute approximate surface area is 134 Å². The van der Waals surface area contributed by atoms with Gasteiger partial charge in [0.2, 0.25) is 5.91 Å². The minimum Gasteiger partial charge on any atom is -0.390 e. The highest BCUT2D eigenvalue weighted by atomic mass is 35.5. The number of carbonyl (C=O) groups excluding carboxylic acids is 1. The molecule has 2 saturated carbocycles. The number of carbonyl (C=O) groups is 1. The molecule has 2 aliphatic carbocycles. The Morgan fingerprint density at radius 2 is 2.09 bits per heavy atom. The number of amides is 1. The van der Waals surface area contributed by atoms with Crippen LogP contribution in [0.15, 0.2) is 24.3 Å². The topological polar surface area (TPSA) is 49.8 Å². The van der Waals surface area contributed by atoms with Gasteiger partial charge in [-0.2, -0.15) is 0 Å². The van der Waals surface area contributed by atoms with Gasteiger partial charge in [-0.1, -0.05) is 18.5 Å². The Kier molecular flexibility index (Phi) is 2.46. The molecule has 2 heterocycles. The monoisotopic (exact) mass is 319 g/mol. The molecule has 1 aromatic carbocycles. The molecule has 0 aromatic heterocycles. The lowest BCUT2D eigenvalue weighted by molar-refractivity contribution is -0.133. The van der Waals surface area contributed by atoms with Crippen LogP contribution >= 0.6 is 11.6 Å². The molecule has 116 valence electrons. The van der Waals surface area contributed by atoms with Crippen molar-refractivity contribution < 1.29 is 14.6 Å². The molecule has 1 N–H and O–H groups in total. The van der Waals surface area contributed by atoms with Crippen LogP contribution in [0.3, 0.4) is 0 Å². The summed E-state index contributed by atoms with van der Waals surface area (Å²) in [4.78, 5) is 15.0. The van der Waals surface area contributed by atoms with Crippen LogP contribution in [0.5, 0.6) is 0 Å². The van der Waals surface area contributed by atoms with E-state index in [2.05, 4.69) is 6.92 Å². The van der Waals surface area contributed by atoms with Gasteiger partial charge >= 0.3 is 0 Å². The molecule has 0 unspecified atom stereocenters. The first kappa shape index (κ1) is 13.3. The van der Waals surface area contributed by atoms with E-state index in [1.165, 1.54) is 0 Å². The van der Waals surface area contributed by atoms with E-state index in [1.54, 1.807) is 0 Å². The van der Waals surface area contributed by atoms with Crippen LogP contribution < -0.4 is 4.90 Å². The summed E-state index contributed by atoms with van der Waals surface area (Å²) >= 11 is 5.98. The van der Waals surface area contributed by atoms with Crippen molar-refractivity contribution in [2.75, 3.05) is 4.90 Å². The molecule has 22 heavy (non-hydrogen) atoms. The second-order valence-electron chi connectivity index (χ2n) is 7.04. The summed E-state index contributed by atoms with van der Waals surface area (Å²) in [5, 5.41) is 11.1. The Bertz CT molecular complexity index is 662. The lowest BCUT2D eigenvalue weighted by atomic mass is 9.76. The summed E-state index contributed by atoms with van der Waals surface area (Å²) in [6.45, 7) is 2.07. The van der Waals surface area contributed by atoms with Crippen molar-refractivity contribution in [3.63, 3.8) is 0 Å². The van der Waals surface area contributed by atoms with Crippen LogP contribution in [-0.4, -0.2) is 28.9 Å². The second kappa shape index (κ2) is 4.05. The SMILES string of the molecule is CC[C@]12O[C@@H]3[C@H](O)[C@H]4C[C@H]3[C@@H]1[C@@H]4C(=O)N2c1ccc(Cl)cc1. The van der Waals surface area contributed by atoms with E-state index in [1.807, 2.05) is 29.2 Å². The van der Waals surface area contributed by atoms with Gasteiger partial charge in [0.05, 0.1) is 18.1 Å². The number of nitrogens with zero attached hydrogens (tertiary/aromatic N) is 1. The van der Waals surface area contributed by atoms with Crippen LogP contribution in [0.25, 0.3) is 0 Å².